The van der Waals surface area contributed by atoms with Gasteiger partial charge in [-0.25, -0.2) is 0 Å². The summed E-state index contributed by atoms with van der Waals surface area (Å²) < 4.78 is 10.6. The van der Waals surface area contributed by atoms with Crippen molar-refractivity contribution < 1.29 is 14.0 Å². The molecule has 0 aliphatic heterocycles. The van der Waals surface area contributed by atoms with E-state index in [0.29, 0.717) is 0 Å². The SMILES string of the molecule is COC(=O)[C@@](C)(Br)[C@@H](O[Si](C)(C)C(C)(C)C)c1ccccc1. The third kappa shape index (κ3) is 4.21. The quantitative estimate of drug-likeness (QED) is 0.402. The van der Waals surface area contributed by atoms with E-state index in [1.165, 1.54) is 7.11 Å². The van der Waals surface area contributed by atoms with Crippen molar-refractivity contribution in [2.24, 2.45) is 0 Å². The Labute approximate surface area is 143 Å². The van der Waals surface area contributed by atoms with Gasteiger partial charge < -0.3 is 9.16 Å². The van der Waals surface area contributed by atoms with E-state index in [2.05, 4.69) is 49.8 Å². The summed E-state index contributed by atoms with van der Waals surface area (Å²) in [6.07, 6.45) is -0.401. The fraction of sp³-hybridized carbons (Fsp3) is 0.588. The molecule has 1 aromatic carbocycles. The van der Waals surface area contributed by atoms with Crippen LogP contribution in [0.4, 0.5) is 0 Å². The van der Waals surface area contributed by atoms with E-state index in [-0.39, 0.29) is 11.0 Å². The molecule has 0 N–H and O–H groups in total. The first-order valence-electron chi connectivity index (χ1n) is 7.43. The molecular formula is C17H27BrO3Si. The van der Waals surface area contributed by atoms with Gasteiger partial charge in [0.1, 0.15) is 4.32 Å². The van der Waals surface area contributed by atoms with Gasteiger partial charge in [-0.2, -0.15) is 0 Å². The molecule has 0 saturated carbocycles. The number of hydrogen-bond donors (Lipinski definition) is 0. The van der Waals surface area contributed by atoms with Crippen molar-refractivity contribution in [2.75, 3.05) is 7.11 Å². The average molecular weight is 387 g/mol. The van der Waals surface area contributed by atoms with Gasteiger partial charge in [-0.1, -0.05) is 67.0 Å². The lowest BCUT2D eigenvalue weighted by Gasteiger charge is -2.42. The molecule has 0 heterocycles. The molecule has 2 atom stereocenters. The summed E-state index contributed by atoms with van der Waals surface area (Å²) in [5.74, 6) is -0.333. The molecule has 5 heteroatoms. The summed E-state index contributed by atoms with van der Waals surface area (Å²) in [7, 11) is -0.658. The van der Waals surface area contributed by atoms with E-state index in [4.69, 9.17) is 9.16 Å². The number of carbonyl (C=O) groups excluding carboxylic acids is 1. The van der Waals surface area contributed by atoms with Crippen molar-refractivity contribution >= 4 is 30.2 Å². The van der Waals surface area contributed by atoms with Gasteiger partial charge in [0.15, 0.2) is 8.32 Å². The number of alkyl halides is 1. The average Bonchev–Trinajstić information content (AvgIpc) is 2.43. The second-order valence-electron chi connectivity index (χ2n) is 7.24. The fourth-order valence-corrected chi connectivity index (χ4v) is 3.90. The van der Waals surface area contributed by atoms with E-state index >= 15 is 0 Å². The highest BCUT2D eigenvalue weighted by molar-refractivity contribution is 9.10. The maximum absolute atomic E-state index is 12.3. The molecule has 1 rings (SSSR count). The van der Waals surface area contributed by atoms with Crippen LogP contribution in [0.5, 0.6) is 0 Å². The molecule has 0 aliphatic rings. The Morgan fingerprint density at radius 3 is 2.05 bits per heavy atom. The number of methoxy groups -OCH3 is 1. The minimum Gasteiger partial charge on any atom is -0.468 e. The minimum absolute atomic E-state index is 0.0548. The molecule has 0 unspecified atom stereocenters. The van der Waals surface area contributed by atoms with Crippen LogP contribution < -0.4 is 0 Å². The largest absolute Gasteiger partial charge is 0.468 e. The topological polar surface area (TPSA) is 35.5 Å². The third-order valence-electron chi connectivity index (χ3n) is 4.40. The maximum Gasteiger partial charge on any atom is 0.325 e. The molecule has 0 radical (unpaired) electrons. The molecule has 124 valence electrons. The van der Waals surface area contributed by atoms with Gasteiger partial charge in [-0.15, -0.1) is 0 Å². The summed E-state index contributed by atoms with van der Waals surface area (Å²) >= 11 is 3.55. The molecule has 0 aliphatic carbocycles. The molecule has 1 aromatic rings. The molecule has 0 aromatic heterocycles. The van der Waals surface area contributed by atoms with E-state index in [9.17, 15) is 4.79 Å². The van der Waals surface area contributed by atoms with Crippen LogP contribution in [0.15, 0.2) is 30.3 Å². The zero-order chi connectivity index (χ0) is 17.2. The molecule has 0 spiro atoms. The van der Waals surface area contributed by atoms with Crippen molar-refractivity contribution in [1.82, 2.24) is 0 Å². The number of ether oxygens (including phenoxy) is 1. The standard InChI is InChI=1S/C17H27BrO3Si/c1-16(2,3)22(6,7)21-14(13-11-9-8-10-12-13)17(4,18)15(19)20-5/h8-12,14H,1-7H3/t14-,17-/m0/s1. The van der Waals surface area contributed by atoms with Gasteiger partial charge in [0, 0.05) is 0 Å². The van der Waals surface area contributed by atoms with Crippen molar-refractivity contribution in [2.45, 2.75) is 56.3 Å². The Hall–Kier alpha value is -0.653. The predicted molar refractivity (Wildman–Crippen MR) is 96.8 cm³/mol. The number of hydrogen-bond acceptors (Lipinski definition) is 3. The van der Waals surface area contributed by atoms with Gasteiger partial charge in [0.05, 0.1) is 13.2 Å². The zero-order valence-electron chi connectivity index (χ0n) is 14.6. The number of esters is 1. The fourth-order valence-electron chi connectivity index (χ4n) is 1.90. The van der Waals surface area contributed by atoms with Crippen LogP contribution in [0.1, 0.15) is 39.4 Å². The lowest BCUT2D eigenvalue weighted by Crippen LogP contribution is -2.48. The molecule has 0 amide bonds. The Balaban J connectivity index is 3.28. The normalized spacial score (nSPS) is 16.7. The smallest absolute Gasteiger partial charge is 0.325 e. The van der Waals surface area contributed by atoms with Gasteiger partial charge >= 0.3 is 5.97 Å². The Bertz CT molecular complexity index is 506. The second-order valence-corrected chi connectivity index (χ2v) is 13.6. The number of benzene rings is 1. The van der Waals surface area contributed by atoms with Crippen molar-refractivity contribution in [1.29, 1.82) is 0 Å². The van der Waals surface area contributed by atoms with E-state index in [1.54, 1.807) is 0 Å². The van der Waals surface area contributed by atoms with Crippen LogP contribution in [0.25, 0.3) is 0 Å². The van der Waals surface area contributed by atoms with Gasteiger partial charge in [-0.3, -0.25) is 4.79 Å². The Kier molecular flexibility index (Phi) is 6.04. The predicted octanol–water partition coefficient (Wildman–Crippen LogP) is 5.08. The van der Waals surface area contributed by atoms with Crippen LogP contribution in [0, 0.1) is 0 Å². The highest BCUT2D eigenvalue weighted by Crippen LogP contribution is 2.45. The number of rotatable bonds is 5. The monoisotopic (exact) mass is 386 g/mol. The highest BCUT2D eigenvalue weighted by Gasteiger charge is 2.47. The minimum atomic E-state index is -2.06. The van der Waals surface area contributed by atoms with Gasteiger partial charge in [0.25, 0.3) is 0 Å². The van der Waals surface area contributed by atoms with Crippen LogP contribution in [-0.4, -0.2) is 25.7 Å². The van der Waals surface area contributed by atoms with Crippen LogP contribution in [-0.2, 0) is 14.0 Å². The van der Waals surface area contributed by atoms with Crippen molar-refractivity contribution in [3.8, 4) is 0 Å². The molecule has 0 fully saturated rings. The maximum atomic E-state index is 12.3. The molecule has 3 nitrogen and oxygen atoms in total. The van der Waals surface area contributed by atoms with Crippen LogP contribution in [0.3, 0.4) is 0 Å². The van der Waals surface area contributed by atoms with E-state index in [0.717, 1.165) is 5.56 Å². The summed E-state index contributed by atoms with van der Waals surface area (Å²) in [4.78, 5) is 12.3. The van der Waals surface area contributed by atoms with Crippen LogP contribution >= 0.6 is 15.9 Å². The first-order valence-corrected chi connectivity index (χ1v) is 11.1. The lowest BCUT2D eigenvalue weighted by atomic mass is 9.97. The van der Waals surface area contributed by atoms with Crippen molar-refractivity contribution in [3.63, 3.8) is 0 Å². The van der Waals surface area contributed by atoms with E-state index in [1.807, 2.05) is 37.3 Å². The number of halogens is 1. The van der Waals surface area contributed by atoms with Gasteiger partial charge in [0.2, 0.25) is 0 Å². The first-order chi connectivity index (χ1) is 9.93. The Morgan fingerprint density at radius 1 is 1.14 bits per heavy atom. The molecule has 0 bridgehead atoms. The summed E-state index contributed by atoms with van der Waals surface area (Å²) in [6, 6.07) is 9.84. The highest BCUT2D eigenvalue weighted by atomic mass is 79.9. The molecule has 22 heavy (non-hydrogen) atoms. The van der Waals surface area contributed by atoms with E-state index < -0.39 is 18.7 Å². The third-order valence-corrected chi connectivity index (χ3v) is 9.57. The van der Waals surface area contributed by atoms with Gasteiger partial charge in [-0.05, 0) is 30.6 Å². The molecular weight excluding hydrogens is 360 g/mol. The summed E-state index contributed by atoms with van der Waals surface area (Å²) in [5, 5.41) is 0.0548. The Morgan fingerprint density at radius 2 is 1.64 bits per heavy atom. The second kappa shape index (κ2) is 6.85. The molecule has 0 saturated heterocycles. The lowest BCUT2D eigenvalue weighted by molar-refractivity contribution is -0.145. The number of carbonyl (C=O) groups is 1. The summed E-state index contributed by atoms with van der Waals surface area (Å²) in [6.45, 7) is 12.7. The van der Waals surface area contributed by atoms with Crippen molar-refractivity contribution in [3.05, 3.63) is 35.9 Å². The first kappa shape index (κ1) is 19.4. The zero-order valence-corrected chi connectivity index (χ0v) is 17.2. The van der Waals surface area contributed by atoms with Crippen LogP contribution in [0.2, 0.25) is 18.1 Å². The summed E-state index contributed by atoms with van der Waals surface area (Å²) in [5.41, 5.74) is 0.970.